The van der Waals surface area contributed by atoms with Gasteiger partial charge in [0.05, 0.1) is 5.69 Å². The first-order valence-corrected chi connectivity index (χ1v) is 8.79. The summed E-state index contributed by atoms with van der Waals surface area (Å²) in [5, 5.41) is 5.39. The molecule has 1 aliphatic carbocycles. The van der Waals surface area contributed by atoms with Crippen LogP contribution in [0, 0.1) is 5.92 Å². The van der Waals surface area contributed by atoms with Crippen molar-refractivity contribution in [1.82, 2.24) is 19.6 Å². The second-order valence-electron chi connectivity index (χ2n) is 6.20. The van der Waals surface area contributed by atoms with Gasteiger partial charge in [-0.25, -0.2) is 4.98 Å². The maximum Gasteiger partial charge on any atom is 0.195 e. The lowest BCUT2D eigenvalue weighted by Crippen LogP contribution is -2.47. The Bertz CT molecular complexity index is 607. The molecule has 0 aromatic carbocycles. The van der Waals surface area contributed by atoms with E-state index >= 15 is 0 Å². The molecular weight excluding hydrogens is 282 g/mol. The van der Waals surface area contributed by atoms with Crippen LogP contribution in [0.3, 0.4) is 0 Å². The molecule has 5 nitrogen and oxygen atoms in total. The highest BCUT2D eigenvalue weighted by atomic mass is 32.1. The first-order chi connectivity index (χ1) is 10.3. The fourth-order valence-corrected chi connectivity index (χ4v) is 3.94. The summed E-state index contributed by atoms with van der Waals surface area (Å²) < 4.78 is 2.23. The summed E-state index contributed by atoms with van der Waals surface area (Å²) in [5.74, 6) is 2.18. The van der Waals surface area contributed by atoms with Gasteiger partial charge in [0.15, 0.2) is 10.8 Å². The van der Waals surface area contributed by atoms with E-state index in [9.17, 15) is 0 Å². The summed E-state index contributed by atoms with van der Waals surface area (Å²) in [5.41, 5.74) is 1.30. The molecule has 0 radical (unpaired) electrons. The van der Waals surface area contributed by atoms with Crippen molar-refractivity contribution in [3.63, 3.8) is 0 Å². The zero-order valence-electron chi connectivity index (χ0n) is 12.6. The summed E-state index contributed by atoms with van der Waals surface area (Å²) in [6.45, 7) is 6.76. The van der Waals surface area contributed by atoms with Crippen LogP contribution in [0.4, 0.5) is 5.82 Å². The number of nitrogens with one attached hydrogen (secondary N) is 1. The molecule has 1 saturated heterocycles. The van der Waals surface area contributed by atoms with Gasteiger partial charge < -0.3 is 10.2 Å². The van der Waals surface area contributed by atoms with Gasteiger partial charge in [0, 0.05) is 50.8 Å². The molecule has 1 N–H and O–H groups in total. The van der Waals surface area contributed by atoms with Gasteiger partial charge in [-0.2, -0.15) is 0 Å². The van der Waals surface area contributed by atoms with Crippen LogP contribution in [0.15, 0.2) is 11.6 Å². The predicted molar refractivity (Wildman–Crippen MR) is 87.2 cm³/mol. The summed E-state index contributed by atoms with van der Waals surface area (Å²) in [4.78, 5) is 11.1. The van der Waals surface area contributed by atoms with E-state index in [2.05, 4.69) is 31.1 Å². The minimum absolute atomic E-state index is 0.871. The van der Waals surface area contributed by atoms with Crippen LogP contribution < -0.4 is 10.2 Å². The van der Waals surface area contributed by atoms with E-state index in [4.69, 9.17) is 4.98 Å². The van der Waals surface area contributed by atoms with E-state index in [1.165, 1.54) is 44.0 Å². The minimum atomic E-state index is 0.871. The van der Waals surface area contributed by atoms with E-state index < -0.39 is 0 Å². The highest BCUT2D eigenvalue weighted by molar-refractivity contribution is 7.15. The first-order valence-electron chi connectivity index (χ1n) is 7.91. The lowest BCUT2D eigenvalue weighted by molar-refractivity contribution is 0.247. The molecule has 6 heteroatoms. The zero-order chi connectivity index (χ0) is 14.2. The normalized spacial score (nSPS) is 20.5. The molecular formula is C15H23N5S. The molecule has 4 rings (SSSR count). The smallest absolute Gasteiger partial charge is 0.195 e. The van der Waals surface area contributed by atoms with Gasteiger partial charge in [-0.3, -0.25) is 9.30 Å². The van der Waals surface area contributed by atoms with Crippen molar-refractivity contribution in [3.8, 4) is 0 Å². The quantitative estimate of drug-likeness (QED) is 0.911. The van der Waals surface area contributed by atoms with Crippen LogP contribution in [0.1, 0.15) is 18.5 Å². The van der Waals surface area contributed by atoms with Gasteiger partial charge in [0.1, 0.15) is 0 Å². The molecule has 0 amide bonds. The van der Waals surface area contributed by atoms with Crippen LogP contribution >= 0.6 is 11.3 Å². The number of thiazole rings is 1. The Labute approximate surface area is 129 Å². The second-order valence-corrected chi connectivity index (χ2v) is 7.07. The van der Waals surface area contributed by atoms with Crippen LogP contribution in [0.2, 0.25) is 0 Å². The topological polar surface area (TPSA) is 35.8 Å². The highest BCUT2D eigenvalue weighted by Crippen LogP contribution is 2.30. The average Bonchev–Trinajstić information content (AvgIpc) is 3.08. The summed E-state index contributed by atoms with van der Waals surface area (Å²) in [6.07, 6.45) is 5.03. The Morgan fingerprint density at radius 3 is 2.81 bits per heavy atom. The number of nitrogens with zero attached hydrogens (tertiary/aromatic N) is 4. The maximum atomic E-state index is 4.86. The van der Waals surface area contributed by atoms with Crippen LogP contribution in [0.25, 0.3) is 4.96 Å². The van der Waals surface area contributed by atoms with Crippen molar-refractivity contribution in [2.24, 2.45) is 5.92 Å². The molecule has 2 aromatic rings. The van der Waals surface area contributed by atoms with Crippen LogP contribution in [-0.4, -0.2) is 54.1 Å². The molecule has 2 fully saturated rings. The Hall–Kier alpha value is -1.11. The van der Waals surface area contributed by atoms with Crippen molar-refractivity contribution in [2.75, 3.05) is 44.7 Å². The Morgan fingerprint density at radius 1 is 1.29 bits per heavy atom. The van der Waals surface area contributed by atoms with Crippen LogP contribution in [0.5, 0.6) is 0 Å². The number of aromatic nitrogens is 2. The molecule has 3 heterocycles. The Kier molecular flexibility index (Phi) is 3.61. The summed E-state index contributed by atoms with van der Waals surface area (Å²) in [6, 6.07) is 0. The van der Waals surface area contributed by atoms with Crippen molar-refractivity contribution >= 4 is 22.1 Å². The van der Waals surface area contributed by atoms with Crippen molar-refractivity contribution in [3.05, 3.63) is 17.3 Å². The van der Waals surface area contributed by atoms with E-state index in [-0.39, 0.29) is 0 Å². The Balaban J connectivity index is 1.50. The molecule has 0 spiro atoms. The molecule has 21 heavy (non-hydrogen) atoms. The molecule has 0 atom stereocenters. The van der Waals surface area contributed by atoms with Crippen LogP contribution in [-0.2, 0) is 6.54 Å². The first kappa shape index (κ1) is 13.5. The van der Waals surface area contributed by atoms with Gasteiger partial charge in [0.2, 0.25) is 0 Å². The lowest BCUT2D eigenvalue weighted by Gasteiger charge is -2.35. The van der Waals surface area contributed by atoms with E-state index in [1.54, 1.807) is 11.3 Å². The van der Waals surface area contributed by atoms with Crippen molar-refractivity contribution < 1.29 is 0 Å². The highest BCUT2D eigenvalue weighted by Gasteiger charge is 2.28. The third-order valence-corrected chi connectivity index (χ3v) is 5.33. The lowest BCUT2D eigenvalue weighted by atomic mass is 10.2. The largest absolute Gasteiger partial charge is 0.352 e. The Morgan fingerprint density at radius 2 is 2.10 bits per heavy atom. The molecule has 2 aliphatic rings. The zero-order valence-corrected chi connectivity index (χ0v) is 13.4. The third kappa shape index (κ3) is 2.67. The molecule has 1 aliphatic heterocycles. The van der Waals surface area contributed by atoms with Gasteiger partial charge in [-0.1, -0.05) is 0 Å². The average molecular weight is 305 g/mol. The number of hydrogen-bond acceptors (Lipinski definition) is 5. The standard InChI is InChI=1S/C15H23N5S/c1-16-10-13-14(17-15-20(13)8-9-21-15)19-6-4-18(5-7-19)11-12-2-3-12/h8-9,12,16H,2-7,10-11H2,1H3. The van der Waals surface area contributed by atoms with Gasteiger partial charge >= 0.3 is 0 Å². The number of hydrogen-bond donors (Lipinski definition) is 1. The van der Waals surface area contributed by atoms with Gasteiger partial charge in [-0.05, 0) is 25.8 Å². The number of anilines is 1. The SMILES string of the molecule is CNCc1c(N2CCN(CC3CC3)CC2)nc2sccn12. The van der Waals surface area contributed by atoms with E-state index in [1.807, 2.05) is 7.05 Å². The number of piperazine rings is 1. The van der Waals surface area contributed by atoms with Crippen molar-refractivity contribution in [1.29, 1.82) is 0 Å². The fraction of sp³-hybridized carbons (Fsp3) is 0.667. The van der Waals surface area contributed by atoms with Gasteiger partial charge in [0.25, 0.3) is 0 Å². The van der Waals surface area contributed by atoms with E-state index in [0.29, 0.717) is 0 Å². The van der Waals surface area contributed by atoms with Crippen molar-refractivity contribution in [2.45, 2.75) is 19.4 Å². The summed E-state index contributed by atoms with van der Waals surface area (Å²) >= 11 is 1.72. The number of imidazole rings is 1. The third-order valence-electron chi connectivity index (χ3n) is 4.57. The monoisotopic (exact) mass is 305 g/mol. The summed E-state index contributed by atoms with van der Waals surface area (Å²) in [7, 11) is 2.00. The maximum absolute atomic E-state index is 4.86. The minimum Gasteiger partial charge on any atom is -0.352 e. The molecule has 114 valence electrons. The number of fused-ring (bicyclic) bond motifs is 1. The van der Waals surface area contributed by atoms with E-state index in [0.717, 1.165) is 30.5 Å². The molecule has 2 aromatic heterocycles. The van der Waals surface area contributed by atoms with Gasteiger partial charge in [-0.15, -0.1) is 11.3 Å². The number of rotatable bonds is 5. The second kappa shape index (κ2) is 5.59. The molecule has 0 unspecified atom stereocenters. The molecule has 0 bridgehead atoms. The fourth-order valence-electron chi connectivity index (χ4n) is 3.21. The molecule has 1 saturated carbocycles. The predicted octanol–water partition coefficient (Wildman–Crippen LogP) is 1.65.